The van der Waals surface area contributed by atoms with Crippen LogP contribution in [0.4, 0.5) is 8.78 Å². The number of alkyl halides is 2. The van der Waals surface area contributed by atoms with Crippen LogP contribution in [0.2, 0.25) is 0 Å². The zero-order chi connectivity index (χ0) is 17.8. The number of hydrogen-bond donors (Lipinski definition) is 0. The first-order valence-corrected chi connectivity index (χ1v) is 8.59. The van der Waals surface area contributed by atoms with Gasteiger partial charge in [0.05, 0.1) is 16.3 Å². The fourth-order valence-electron chi connectivity index (χ4n) is 2.44. The lowest BCUT2D eigenvalue weighted by molar-refractivity contribution is -0.0498. The van der Waals surface area contributed by atoms with Crippen molar-refractivity contribution in [3.05, 3.63) is 65.7 Å². The molecule has 0 spiro atoms. The van der Waals surface area contributed by atoms with Gasteiger partial charge in [-0.15, -0.1) is 0 Å². The van der Waals surface area contributed by atoms with Gasteiger partial charge in [0.1, 0.15) is 5.75 Å². The number of carbonyl (C=O) groups excluding carboxylic acids is 1. The molecule has 0 bridgehead atoms. The van der Waals surface area contributed by atoms with Crippen molar-refractivity contribution in [2.75, 3.05) is 5.75 Å². The number of benzene rings is 2. The summed E-state index contributed by atoms with van der Waals surface area (Å²) in [5.41, 5.74) is 2.45. The lowest BCUT2D eigenvalue weighted by Gasteiger charge is -2.07. The predicted molar refractivity (Wildman–Crippen MR) is 94.6 cm³/mol. The molecule has 0 saturated carbocycles. The summed E-state index contributed by atoms with van der Waals surface area (Å²) in [4.78, 5) is 16.8. The van der Waals surface area contributed by atoms with Crippen molar-refractivity contribution < 1.29 is 18.3 Å². The zero-order valence-electron chi connectivity index (χ0n) is 13.4. The summed E-state index contributed by atoms with van der Waals surface area (Å²) in [6.07, 6.45) is 0. The first kappa shape index (κ1) is 17.4. The molecule has 128 valence electrons. The summed E-state index contributed by atoms with van der Waals surface area (Å²) >= 11 is 1.36. The van der Waals surface area contributed by atoms with Crippen molar-refractivity contribution in [1.29, 1.82) is 0 Å². The van der Waals surface area contributed by atoms with Crippen LogP contribution in [0, 0.1) is 6.92 Å². The molecule has 0 aliphatic heterocycles. The molecule has 0 radical (unpaired) electrons. The second-order valence-electron chi connectivity index (χ2n) is 5.41. The van der Waals surface area contributed by atoms with Crippen molar-refractivity contribution in [1.82, 2.24) is 4.98 Å². The van der Waals surface area contributed by atoms with Crippen LogP contribution in [0.15, 0.2) is 59.6 Å². The highest BCUT2D eigenvalue weighted by Gasteiger charge is 2.10. The smallest absolute Gasteiger partial charge is 0.387 e. The van der Waals surface area contributed by atoms with E-state index in [0.29, 0.717) is 5.56 Å². The van der Waals surface area contributed by atoms with Gasteiger partial charge in [0.2, 0.25) is 0 Å². The van der Waals surface area contributed by atoms with Gasteiger partial charge in [-0.3, -0.25) is 4.79 Å². The zero-order valence-corrected chi connectivity index (χ0v) is 14.2. The molecule has 0 saturated heterocycles. The predicted octanol–water partition coefficient (Wildman–Crippen LogP) is 5.12. The number of pyridine rings is 1. The molecule has 3 rings (SSSR count). The molecule has 0 aliphatic carbocycles. The number of aromatic nitrogens is 1. The van der Waals surface area contributed by atoms with Gasteiger partial charge in [-0.1, -0.05) is 30.0 Å². The number of nitrogens with zero attached hydrogens (tertiary/aromatic N) is 1. The molecule has 0 unspecified atom stereocenters. The molecule has 1 heterocycles. The van der Waals surface area contributed by atoms with Crippen LogP contribution in [-0.4, -0.2) is 23.1 Å². The summed E-state index contributed by atoms with van der Waals surface area (Å²) in [6, 6.07) is 15.5. The number of halogens is 2. The van der Waals surface area contributed by atoms with Gasteiger partial charge in [0, 0.05) is 10.9 Å². The highest BCUT2D eigenvalue weighted by Crippen LogP contribution is 2.24. The van der Waals surface area contributed by atoms with E-state index in [2.05, 4.69) is 9.72 Å². The van der Waals surface area contributed by atoms with E-state index in [1.807, 2.05) is 37.3 Å². The third kappa shape index (κ3) is 4.33. The first-order chi connectivity index (χ1) is 12.0. The summed E-state index contributed by atoms with van der Waals surface area (Å²) in [5.74, 6) is 0.159. The van der Waals surface area contributed by atoms with Gasteiger partial charge in [0.25, 0.3) is 0 Å². The molecule has 0 atom stereocenters. The van der Waals surface area contributed by atoms with E-state index in [1.165, 1.54) is 36.0 Å². The lowest BCUT2D eigenvalue weighted by Crippen LogP contribution is -2.04. The highest BCUT2D eigenvalue weighted by atomic mass is 32.2. The Balaban J connectivity index is 1.68. The van der Waals surface area contributed by atoms with E-state index in [9.17, 15) is 13.6 Å². The van der Waals surface area contributed by atoms with E-state index in [1.54, 1.807) is 0 Å². The number of rotatable bonds is 6. The van der Waals surface area contributed by atoms with Gasteiger partial charge < -0.3 is 4.74 Å². The molecular weight excluding hydrogens is 344 g/mol. The number of Topliss-reactive ketones (excluding diaryl/α,β-unsaturated/α-hetero) is 1. The number of carbonyl (C=O) groups is 1. The average Bonchev–Trinajstić information content (AvgIpc) is 2.60. The second kappa shape index (κ2) is 7.61. The summed E-state index contributed by atoms with van der Waals surface area (Å²) in [7, 11) is 0. The van der Waals surface area contributed by atoms with Crippen molar-refractivity contribution in [3.8, 4) is 5.75 Å². The normalized spacial score (nSPS) is 11.0. The fourth-order valence-corrected chi connectivity index (χ4v) is 3.31. The molecule has 3 aromatic rings. The van der Waals surface area contributed by atoms with Crippen LogP contribution >= 0.6 is 11.8 Å². The van der Waals surface area contributed by atoms with Crippen LogP contribution in [0.1, 0.15) is 15.9 Å². The summed E-state index contributed by atoms with van der Waals surface area (Å²) in [5, 5.41) is 1.87. The summed E-state index contributed by atoms with van der Waals surface area (Å²) in [6.45, 7) is -0.864. The highest BCUT2D eigenvalue weighted by molar-refractivity contribution is 7.99. The maximum Gasteiger partial charge on any atom is 0.387 e. The number of para-hydroxylation sites is 1. The average molecular weight is 359 g/mol. The second-order valence-corrected chi connectivity index (χ2v) is 6.40. The van der Waals surface area contributed by atoms with Gasteiger partial charge >= 0.3 is 6.61 Å². The quantitative estimate of drug-likeness (QED) is 0.452. The molecule has 1 aromatic heterocycles. The minimum atomic E-state index is -2.88. The number of ether oxygens (including phenoxy) is 1. The Kier molecular flexibility index (Phi) is 5.28. The standard InChI is InChI=1S/C19H15F2NO2S/c1-12-10-18(22-16-5-3-2-4-15(12)16)25-11-17(23)13-6-8-14(9-7-13)24-19(20)21/h2-10,19H,11H2,1H3. The van der Waals surface area contributed by atoms with Crippen molar-refractivity contribution in [2.24, 2.45) is 0 Å². The molecule has 0 aliphatic rings. The molecular formula is C19H15F2NO2S. The van der Waals surface area contributed by atoms with Crippen LogP contribution in [0.3, 0.4) is 0 Å². The first-order valence-electron chi connectivity index (χ1n) is 7.60. The SMILES string of the molecule is Cc1cc(SCC(=O)c2ccc(OC(F)F)cc2)nc2ccccc12. The Hall–Kier alpha value is -2.47. The van der Waals surface area contributed by atoms with Crippen LogP contribution in [0.5, 0.6) is 5.75 Å². The number of ketones is 1. The molecule has 0 amide bonds. The Bertz CT molecular complexity index is 898. The van der Waals surface area contributed by atoms with E-state index < -0.39 is 6.61 Å². The Labute approximate surface area is 148 Å². The largest absolute Gasteiger partial charge is 0.435 e. The third-order valence-corrected chi connectivity index (χ3v) is 4.56. The monoisotopic (exact) mass is 359 g/mol. The van der Waals surface area contributed by atoms with Crippen LogP contribution in [0.25, 0.3) is 10.9 Å². The Morgan fingerprint density at radius 2 is 1.88 bits per heavy atom. The molecule has 0 N–H and O–H groups in total. The Morgan fingerprint density at radius 3 is 2.60 bits per heavy atom. The van der Waals surface area contributed by atoms with Crippen LogP contribution < -0.4 is 4.74 Å². The number of aryl methyl sites for hydroxylation is 1. The molecule has 2 aromatic carbocycles. The van der Waals surface area contributed by atoms with E-state index in [0.717, 1.165) is 21.5 Å². The number of thioether (sulfide) groups is 1. The van der Waals surface area contributed by atoms with Crippen molar-refractivity contribution in [3.63, 3.8) is 0 Å². The van der Waals surface area contributed by atoms with E-state index in [4.69, 9.17) is 0 Å². The number of fused-ring (bicyclic) bond motifs is 1. The summed E-state index contributed by atoms with van der Waals surface area (Å²) < 4.78 is 28.5. The van der Waals surface area contributed by atoms with Gasteiger partial charge in [-0.25, -0.2) is 4.98 Å². The lowest BCUT2D eigenvalue weighted by atomic mass is 10.1. The third-order valence-electron chi connectivity index (χ3n) is 3.65. The van der Waals surface area contributed by atoms with Gasteiger partial charge in [-0.2, -0.15) is 8.78 Å². The molecule has 6 heteroatoms. The van der Waals surface area contributed by atoms with E-state index >= 15 is 0 Å². The molecule has 3 nitrogen and oxygen atoms in total. The van der Waals surface area contributed by atoms with Gasteiger partial charge in [0.15, 0.2) is 5.78 Å². The van der Waals surface area contributed by atoms with Crippen LogP contribution in [-0.2, 0) is 0 Å². The van der Waals surface area contributed by atoms with Crippen molar-refractivity contribution >= 4 is 28.4 Å². The minimum absolute atomic E-state index is 0.0334. The fraction of sp³-hybridized carbons (Fsp3) is 0.158. The maximum absolute atomic E-state index is 12.3. The van der Waals surface area contributed by atoms with E-state index in [-0.39, 0.29) is 17.3 Å². The topological polar surface area (TPSA) is 39.2 Å². The van der Waals surface area contributed by atoms with Gasteiger partial charge in [-0.05, 0) is 48.9 Å². The minimum Gasteiger partial charge on any atom is -0.435 e. The molecule has 25 heavy (non-hydrogen) atoms. The number of hydrogen-bond acceptors (Lipinski definition) is 4. The Morgan fingerprint density at radius 1 is 1.16 bits per heavy atom. The van der Waals surface area contributed by atoms with Crippen molar-refractivity contribution in [2.45, 2.75) is 18.6 Å². The maximum atomic E-state index is 12.3. The molecule has 0 fully saturated rings.